The maximum absolute atomic E-state index is 13.8. The van der Waals surface area contributed by atoms with Crippen molar-refractivity contribution in [2.45, 2.75) is 19.4 Å². The highest BCUT2D eigenvalue weighted by Crippen LogP contribution is 2.29. The number of hydrogen-bond donors (Lipinski definition) is 1. The van der Waals surface area contributed by atoms with Crippen molar-refractivity contribution in [1.29, 1.82) is 0 Å². The fourth-order valence-electron chi connectivity index (χ4n) is 2.23. The first kappa shape index (κ1) is 16.4. The lowest BCUT2D eigenvalue weighted by atomic mass is 9.98. The van der Waals surface area contributed by atoms with E-state index in [0.717, 1.165) is 22.6 Å². The monoisotopic (exact) mass is 373 g/mol. The summed E-state index contributed by atoms with van der Waals surface area (Å²) in [6.45, 7) is 2.72. The average Bonchev–Trinajstić information content (AvgIpc) is 2.41. The molecule has 0 fully saturated rings. The SMILES string of the molecule is CCNC(Cc1ccc(F)cc1F)c1ccc(Cl)cc1Br. The van der Waals surface area contributed by atoms with Crippen molar-refractivity contribution in [2.75, 3.05) is 6.54 Å². The summed E-state index contributed by atoms with van der Waals surface area (Å²) < 4.78 is 27.7. The zero-order valence-corrected chi connectivity index (χ0v) is 13.8. The molecule has 0 aromatic heterocycles. The lowest BCUT2D eigenvalue weighted by Gasteiger charge is -2.20. The number of likely N-dealkylation sites (N-methyl/N-ethyl adjacent to an activating group) is 1. The van der Waals surface area contributed by atoms with Crippen molar-refractivity contribution in [3.05, 3.63) is 68.7 Å². The molecule has 0 aliphatic rings. The van der Waals surface area contributed by atoms with E-state index in [1.54, 1.807) is 6.07 Å². The molecule has 112 valence electrons. The Hall–Kier alpha value is -0.970. The van der Waals surface area contributed by atoms with E-state index in [1.807, 2.05) is 19.1 Å². The lowest BCUT2D eigenvalue weighted by molar-refractivity contribution is 0.520. The minimum absolute atomic E-state index is 0.0818. The number of benzene rings is 2. The molecule has 2 aromatic carbocycles. The minimum Gasteiger partial charge on any atom is -0.310 e. The zero-order chi connectivity index (χ0) is 15.4. The van der Waals surface area contributed by atoms with Gasteiger partial charge < -0.3 is 5.32 Å². The van der Waals surface area contributed by atoms with Crippen LogP contribution in [0.3, 0.4) is 0 Å². The van der Waals surface area contributed by atoms with Crippen LogP contribution in [0.5, 0.6) is 0 Å². The Morgan fingerprint density at radius 3 is 2.57 bits per heavy atom. The van der Waals surface area contributed by atoms with Gasteiger partial charge in [-0.1, -0.05) is 46.6 Å². The van der Waals surface area contributed by atoms with Crippen LogP contribution in [0, 0.1) is 11.6 Å². The predicted molar refractivity (Wildman–Crippen MR) is 85.6 cm³/mol. The van der Waals surface area contributed by atoms with Gasteiger partial charge in [-0.2, -0.15) is 0 Å². The maximum atomic E-state index is 13.8. The van der Waals surface area contributed by atoms with Crippen molar-refractivity contribution in [3.8, 4) is 0 Å². The highest BCUT2D eigenvalue weighted by atomic mass is 79.9. The van der Waals surface area contributed by atoms with Gasteiger partial charge in [0.1, 0.15) is 11.6 Å². The van der Waals surface area contributed by atoms with Crippen molar-refractivity contribution in [1.82, 2.24) is 5.32 Å². The van der Waals surface area contributed by atoms with Gasteiger partial charge in [0.15, 0.2) is 0 Å². The molecule has 0 bridgehead atoms. The molecule has 0 spiro atoms. The second kappa shape index (κ2) is 7.34. The van der Waals surface area contributed by atoms with Crippen molar-refractivity contribution < 1.29 is 8.78 Å². The van der Waals surface area contributed by atoms with Crippen LogP contribution in [0.15, 0.2) is 40.9 Å². The summed E-state index contributed by atoms with van der Waals surface area (Å²) >= 11 is 9.43. The fourth-order valence-corrected chi connectivity index (χ4v) is 3.19. The van der Waals surface area contributed by atoms with Crippen molar-refractivity contribution >= 4 is 27.5 Å². The van der Waals surface area contributed by atoms with Gasteiger partial charge in [-0.3, -0.25) is 0 Å². The smallest absolute Gasteiger partial charge is 0.129 e. The Morgan fingerprint density at radius 2 is 1.95 bits per heavy atom. The Labute approximate surface area is 136 Å². The van der Waals surface area contributed by atoms with Crippen LogP contribution in [0.4, 0.5) is 8.78 Å². The Bertz CT molecular complexity index is 634. The van der Waals surface area contributed by atoms with Gasteiger partial charge in [0.25, 0.3) is 0 Å². The van der Waals surface area contributed by atoms with Gasteiger partial charge in [0.2, 0.25) is 0 Å². The average molecular weight is 375 g/mol. The number of hydrogen-bond acceptors (Lipinski definition) is 1. The van der Waals surface area contributed by atoms with Crippen LogP contribution in [-0.2, 0) is 6.42 Å². The van der Waals surface area contributed by atoms with Crippen LogP contribution < -0.4 is 5.32 Å². The predicted octanol–water partition coefficient (Wildman–Crippen LogP) is 5.27. The highest BCUT2D eigenvalue weighted by molar-refractivity contribution is 9.10. The number of nitrogens with one attached hydrogen (secondary N) is 1. The molecule has 5 heteroatoms. The van der Waals surface area contributed by atoms with E-state index in [1.165, 1.54) is 12.1 Å². The van der Waals surface area contributed by atoms with Gasteiger partial charge >= 0.3 is 0 Å². The van der Waals surface area contributed by atoms with E-state index in [0.29, 0.717) is 17.0 Å². The molecule has 0 radical (unpaired) electrons. The summed E-state index contributed by atoms with van der Waals surface area (Å²) in [5, 5.41) is 3.95. The first-order valence-corrected chi connectivity index (χ1v) is 7.80. The van der Waals surface area contributed by atoms with Crippen molar-refractivity contribution in [3.63, 3.8) is 0 Å². The third-order valence-electron chi connectivity index (χ3n) is 3.23. The molecule has 0 amide bonds. The molecule has 0 heterocycles. The molecule has 0 aliphatic carbocycles. The van der Waals surface area contributed by atoms with Gasteiger partial charge in [-0.15, -0.1) is 0 Å². The molecule has 2 rings (SSSR count). The maximum Gasteiger partial charge on any atom is 0.129 e. The second-order valence-electron chi connectivity index (χ2n) is 4.72. The molecule has 1 N–H and O–H groups in total. The van der Waals surface area contributed by atoms with Gasteiger partial charge in [0.05, 0.1) is 0 Å². The van der Waals surface area contributed by atoms with E-state index in [9.17, 15) is 8.78 Å². The van der Waals surface area contributed by atoms with E-state index in [4.69, 9.17) is 11.6 Å². The topological polar surface area (TPSA) is 12.0 Å². The molecular weight excluding hydrogens is 360 g/mol. The molecule has 1 nitrogen and oxygen atoms in total. The summed E-state index contributed by atoms with van der Waals surface area (Å²) in [4.78, 5) is 0. The van der Waals surface area contributed by atoms with Gasteiger partial charge in [-0.05, 0) is 42.3 Å². The van der Waals surface area contributed by atoms with E-state index >= 15 is 0 Å². The Kier molecular flexibility index (Phi) is 5.73. The molecule has 0 aliphatic heterocycles. The van der Waals surface area contributed by atoms with E-state index < -0.39 is 11.6 Å². The van der Waals surface area contributed by atoms with Crippen LogP contribution in [-0.4, -0.2) is 6.54 Å². The first-order valence-electron chi connectivity index (χ1n) is 6.63. The van der Waals surface area contributed by atoms with E-state index in [-0.39, 0.29) is 6.04 Å². The summed E-state index contributed by atoms with van der Waals surface area (Å²) in [6.07, 6.45) is 0.431. The second-order valence-corrected chi connectivity index (χ2v) is 6.01. The van der Waals surface area contributed by atoms with Gasteiger partial charge in [0, 0.05) is 21.6 Å². The first-order chi connectivity index (χ1) is 10.0. The summed E-state index contributed by atoms with van der Waals surface area (Å²) in [5.41, 5.74) is 1.47. The Balaban J connectivity index is 2.30. The third-order valence-corrected chi connectivity index (χ3v) is 4.15. The van der Waals surface area contributed by atoms with E-state index in [2.05, 4.69) is 21.2 Å². The molecular formula is C16H15BrClF2N. The molecule has 0 saturated carbocycles. The minimum atomic E-state index is -0.566. The quantitative estimate of drug-likeness (QED) is 0.751. The Morgan fingerprint density at radius 1 is 1.19 bits per heavy atom. The molecule has 2 aromatic rings. The fraction of sp³-hybridized carbons (Fsp3) is 0.250. The summed E-state index contributed by atoms with van der Waals surface area (Å²) in [6, 6.07) is 9.10. The normalized spacial score (nSPS) is 12.4. The highest BCUT2D eigenvalue weighted by Gasteiger charge is 2.16. The third kappa shape index (κ3) is 4.25. The molecule has 0 saturated heterocycles. The van der Waals surface area contributed by atoms with Gasteiger partial charge in [-0.25, -0.2) is 8.78 Å². The molecule has 21 heavy (non-hydrogen) atoms. The largest absolute Gasteiger partial charge is 0.310 e. The number of rotatable bonds is 5. The van der Waals surface area contributed by atoms with Crippen LogP contribution in [0.1, 0.15) is 24.1 Å². The van der Waals surface area contributed by atoms with Crippen LogP contribution in [0.25, 0.3) is 0 Å². The lowest BCUT2D eigenvalue weighted by Crippen LogP contribution is -2.23. The van der Waals surface area contributed by atoms with Crippen LogP contribution in [0.2, 0.25) is 5.02 Å². The summed E-state index contributed by atoms with van der Waals surface area (Å²) in [5.74, 6) is -1.09. The molecule has 1 atom stereocenters. The zero-order valence-electron chi connectivity index (χ0n) is 11.5. The van der Waals surface area contributed by atoms with Crippen molar-refractivity contribution in [2.24, 2.45) is 0 Å². The number of halogens is 4. The molecule has 1 unspecified atom stereocenters. The van der Waals surface area contributed by atoms with Crippen LogP contribution >= 0.6 is 27.5 Å². The standard InChI is InChI=1S/C16H15BrClF2N/c1-2-21-16(13-6-4-11(18)8-14(13)17)7-10-3-5-12(19)9-15(10)20/h3-6,8-9,16,21H,2,7H2,1H3. The summed E-state index contributed by atoms with van der Waals surface area (Å²) in [7, 11) is 0.